The number of imide groups is 1. The van der Waals surface area contributed by atoms with Gasteiger partial charge in [-0.15, -0.1) is 0 Å². The Labute approximate surface area is 150 Å². The Bertz CT molecular complexity index is 954. The van der Waals surface area contributed by atoms with E-state index in [1.165, 1.54) is 32.4 Å². The highest BCUT2D eigenvalue weighted by molar-refractivity contribution is 7.88. The first-order valence-corrected chi connectivity index (χ1v) is 9.16. The van der Waals surface area contributed by atoms with Gasteiger partial charge >= 0.3 is 6.03 Å². The van der Waals surface area contributed by atoms with Crippen LogP contribution in [0.1, 0.15) is 18.2 Å². The van der Waals surface area contributed by atoms with Crippen LogP contribution in [0.25, 0.3) is 0 Å². The first-order valence-electron chi connectivity index (χ1n) is 7.72. The molecule has 0 radical (unpaired) electrons. The zero-order chi connectivity index (χ0) is 19.1. The number of aromatic nitrogens is 1. The Hall–Kier alpha value is -2.72. The lowest BCUT2D eigenvalue weighted by molar-refractivity contribution is -0.131. The predicted molar refractivity (Wildman–Crippen MR) is 90.3 cm³/mol. The van der Waals surface area contributed by atoms with E-state index in [0.717, 1.165) is 9.21 Å². The van der Waals surface area contributed by atoms with E-state index in [4.69, 9.17) is 4.42 Å². The largest absolute Gasteiger partial charge is 0.446 e. The van der Waals surface area contributed by atoms with Gasteiger partial charge in [-0.1, -0.05) is 6.07 Å². The highest BCUT2D eigenvalue weighted by Gasteiger charge is 2.49. The SMILES string of the molecule is CN(C)S(=O)(=O)c1ccc(CN2C(=O)NC(C)(c3cccnc3)C2=O)o1. The second-order valence-electron chi connectivity index (χ2n) is 6.20. The van der Waals surface area contributed by atoms with Crippen molar-refractivity contribution in [3.8, 4) is 0 Å². The fourth-order valence-electron chi connectivity index (χ4n) is 2.61. The quantitative estimate of drug-likeness (QED) is 0.773. The number of amides is 3. The number of carbonyl (C=O) groups excluding carboxylic acids is 2. The topological polar surface area (TPSA) is 113 Å². The van der Waals surface area contributed by atoms with Crippen LogP contribution in [0.2, 0.25) is 0 Å². The fraction of sp³-hybridized carbons (Fsp3) is 0.312. The van der Waals surface area contributed by atoms with Crippen molar-refractivity contribution in [2.75, 3.05) is 14.1 Å². The normalized spacial score (nSPS) is 20.7. The fourth-order valence-corrected chi connectivity index (χ4v) is 3.42. The number of carbonyl (C=O) groups is 2. The molecule has 10 heteroatoms. The lowest BCUT2D eigenvalue weighted by Gasteiger charge is -2.21. The number of rotatable bonds is 5. The van der Waals surface area contributed by atoms with E-state index in [9.17, 15) is 18.0 Å². The molecule has 1 aliphatic heterocycles. The molecule has 3 heterocycles. The van der Waals surface area contributed by atoms with Gasteiger partial charge in [-0.25, -0.2) is 17.5 Å². The second kappa shape index (κ2) is 6.22. The molecule has 2 aromatic rings. The van der Waals surface area contributed by atoms with Gasteiger partial charge in [0.15, 0.2) is 0 Å². The Kier molecular flexibility index (Phi) is 4.32. The molecule has 1 unspecified atom stereocenters. The summed E-state index contributed by atoms with van der Waals surface area (Å²) in [6.07, 6.45) is 3.08. The number of pyridine rings is 1. The maximum atomic E-state index is 12.8. The zero-order valence-electron chi connectivity index (χ0n) is 14.5. The van der Waals surface area contributed by atoms with E-state index in [0.29, 0.717) is 5.56 Å². The molecule has 9 nitrogen and oxygen atoms in total. The molecular weight excluding hydrogens is 360 g/mol. The van der Waals surface area contributed by atoms with Gasteiger partial charge < -0.3 is 9.73 Å². The Morgan fingerprint density at radius 1 is 1.27 bits per heavy atom. The van der Waals surface area contributed by atoms with E-state index in [2.05, 4.69) is 10.3 Å². The molecule has 1 aliphatic rings. The van der Waals surface area contributed by atoms with Gasteiger partial charge in [0.2, 0.25) is 5.09 Å². The van der Waals surface area contributed by atoms with Crippen molar-refractivity contribution in [1.29, 1.82) is 0 Å². The van der Waals surface area contributed by atoms with Crippen molar-refractivity contribution in [3.05, 3.63) is 48.0 Å². The summed E-state index contributed by atoms with van der Waals surface area (Å²) in [5.74, 6) is -0.284. The minimum absolute atomic E-state index is 0.177. The summed E-state index contributed by atoms with van der Waals surface area (Å²) in [5.41, 5.74) is -0.688. The van der Waals surface area contributed by atoms with Crippen LogP contribution in [0.5, 0.6) is 0 Å². The molecule has 1 fully saturated rings. The number of hydrogen-bond donors (Lipinski definition) is 1. The summed E-state index contributed by atoms with van der Waals surface area (Å²) in [5, 5.41) is 2.40. The zero-order valence-corrected chi connectivity index (χ0v) is 15.3. The third kappa shape index (κ3) is 2.86. The first-order chi connectivity index (χ1) is 12.2. The number of urea groups is 1. The third-order valence-corrected chi connectivity index (χ3v) is 5.89. The van der Waals surface area contributed by atoms with Crippen molar-refractivity contribution >= 4 is 22.0 Å². The van der Waals surface area contributed by atoms with E-state index < -0.39 is 27.5 Å². The first kappa shape index (κ1) is 18.1. The van der Waals surface area contributed by atoms with Crippen LogP contribution in [0.15, 0.2) is 46.2 Å². The van der Waals surface area contributed by atoms with Gasteiger partial charge in [-0.2, -0.15) is 0 Å². The predicted octanol–water partition coefficient (Wildman–Crippen LogP) is 0.892. The van der Waals surface area contributed by atoms with Crippen LogP contribution in [-0.4, -0.2) is 48.6 Å². The van der Waals surface area contributed by atoms with E-state index >= 15 is 0 Å². The van der Waals surface area contributed by atoms with Gasteiger partial charge in [0.05, 0.1) is 6.54 Å². The van der Waals surface area contributed by atoms with Gasteiger partial charge in [0, 0.05) is 32.1 Å². The van der Waals surface area contributed by atoms with Crippen LogP contribution in [0, 0.1) is 0 Å². The van der Waals surface area contributed by atoms with Crippen LogP contribution < -0.4 is 5.32 Å². The average molecular weight is 378 g/mol. The number of nitrogens with one attached hydrogen (secondary N) is 1. The molecule has 1 saturated heterocycles. The van der Waals surface area contributed by atoms with Crippen molar-refractivity contribution in [2.45, 2.75) is 24.1 Å². The third-order valence-electron chi connectivity index (χ3n) is 4.20. The Balaban J connectivity index is 1.85. The molecule has 0 bridgehead atoms. The summed E-state index contributed by atoms with van der Waals surface area (Å²) in [6.45, 7) is 1.41. The lowest BCUT2D eigenvalue weighted by Crippen LogP contribution is -2.40. The van der Waals surface area contributed by atoms with E-state index in [1.54, 1.807) is 25.3 Å². The molecule has 138 valence electrons. The number of hydrogen-bond acceptors (Lipinski definition) is 6. The van der Waals surface area contributed by atoms with E-state index in [-0.39, 0.29) is 17.4 Å². The van der Waals surface area contributed by atoms with Crippen LogP contribution in [0.4, 0.5) is 4.79 Å². The minimum atomic E-state index is -3.73. The van der Waals surface area contributed by atoms with Crippen molar-refractivity contribution in [1.82, 2.24) is 19.5 Å². The van der Waals surface area contributed by atoms with Crippen molar-refractivity contribution < 1.29 is 22.4 Å². The standard InChI is InChI=1S/C16H18N4O5S/c1-16(11-5-4-8-17-9-11)14(21)20(15(22)18-16)10-12-6-7-13(25-12)26(23,24)19(2)3/h4-9H,10H2,1-3H3,(H,18,22). The van der Waals surface area contributed by atoms with Gasteiger partial charge in [0.1, 0.15) is 11.3 Å². The average Bonchev–Trinajstić information content (AvgIpc) is 3.16. The number of sulfonamides is 1. The van der Waals surface area contributed by atoms with Crippen molar-refractivity contribution in [2.24, 2.45) is 0 Å². The highest BCUT2D eigenvalue weighted by atomic mass is 32.2. The van der Waals surface area contributed by atoms with Crippen LogP contribution in [0.3, 0.4) is 0 Å². The van der Waals surface area contributed by atoms with Gasteiger partial charge in [-0.05, 0) is 25.1 Å². The van der Waals surface area contributed by atoms with E-state index in [1.807, 2.05) is 0 Å². The minimum Gasteiger partial charge on any atom is -0.446 e. The van der Waals surface area contributed by atoms with Gasteiger partial charge in [0.25, 0.3) is 15.9 Å². The smallest absolute Gasteiger partial charge is 0.325 e. The molecular formula is C16H18N4O5S. The summed E-state index contributed by atoms with van der Waals surface area (Å²) >= 11 is 0. The molecule has 0 aromatic carbocycles. The molecule has 0 saturated carbocycles. The number of nitrogens with zero attached hydrogens (tertiary/aromatic N) is 3. The highest BCUT2D eigenvalue weighted by Crippen LogP contribution is 2.29. The number of furan rings is 1. The summed E-state index contributed by atoms with van der Waals surface area (Å²) < 4.78 is 30.5. The van der Waals surface area contributed by atoms with Gasteiger partial charge in [-0.3, -0.25) is 14.7 Å². The monoisotopic (exact) mass is 378 g/mol. The molecule has 3 amide bonds. The molecule has 1 atom stereocenters. The maximum Gasteiger partial charge on any atom is 0.325 e. The molecule has 3 rings (SSSR count). The molecule has 1 N–H and O–H groups in total. The Morgan fingerprint density at radius 3 is 2.62 bits per heavy atom. The Morgan fingerprint density at radius 2 is 2.00 bits per heavy atom. The summed E-state index contributed by atoms with van der Waals surface area (Å²) in [6, 6.07) is 5.51. The maximum absolute atomic E-state index is 12.8. The molecule has 26 heavy (non-hydrogen) atoms. The second-order valence-corrected chi connectivity index (χ2v) is 8.28. The summed E-state index contributed by atoms with van der Waals surface area (Å²) in [4.78, 5) is 30.1. The lowest BCUT2D eigenvalue weighted by atomic mass is 9.93. The molecule has 0 aliphatic carbocycles. The van der Waals surface area contributed by atoms with Crippen LogP contribution in [-0.2, 0) is 26.9 Å². The van der Waals surface area contributed by atoms with Crippen LogP contribution >= 0.6 is 0 Å². The summed E-state index contributed by atoms with van der Waals surface area (Å²) in [7, 11) is -0.962. The van der Waals surface area contributed by atoms with Crippen molar-refractivity contribution in [3.63, 3.8) is 0 Å². The molecule has 0 spiro atoms. The molecule has 2 aromatic heterocycles.